The first-order valence-electron chi connectivity index (χ1n) is 6.62. The van der Waals surface area contributed by atoms with Gasteiger partial charge in [-0.3, -0.25) is 0 Å². The smallest absolute Gasteiger partial charge is 0.178 e. The van der Waals surface area contributed by atoms with Crippen LogP contribution in [0.4, 0.5) is 5.69 Å². The van der Waals surface area contributed by atoms with Gasteiger partial charge in [-0.25, -0.2) is 8.42 Å². The molecular weight excluding hydrogens is 260 g/mol. The average molecular weight is 284 g/mol. The number of anilines is 1. The molecule has 1 aromatic rings. The molecule has 4 nitrogen and oxygen atoms in total. The fourth-order valence-corrected chi connectivity index (χ4v) is 3.27. The lowest BCUT2D eigenvalue weighted by atomic mass is 10.0. The van der Waals surface area contributed by atoms with Crippen molar-refractivity contribution in [3.63, 3.8) is 0 Å². The summed E-state index contributed by atoms with van der Waals surface area (Å²) in [7, 11) is -3.13. The summed E-state index contributed by atoms with van der Waals surface area (Å²) in [4.78, 5) is 0.386. The Balaban J connectivity index is 2.83. The third kappa shape index (κ3) is 4.84. The van der Waals surface area contributed by atoms with E-state index in [4.69, 9.17) is 5.73 Å². The molecule has 0 bridgehead atoms. The molecule has 0 atom stereocenters. The van der Waals surface area contributed by atoms with Crippen LogP contribution in [-0.2, 0) is 9.84 Å². The van der Waals surface area contributed by atoms with Gasteiger partial charge in [0.2, 0.25) is 0 Å². The van der Waals surface area contributed by atoms with Gasteiger partial charge >= 0.3 is 0 Å². The maximum Gasteiger partial charge on any atom is 0.178 e. The van der Waals surface area contributed by atoms with Crippen LogP contribution in [0.15, 0.2) is 29.2 Å². The fraction of sp³-hybridized carbons (Fsp3) is 0.571. The van der Waals surface area contributed by atoms with Crippen LogP contribution in [0.2, 0.25) is 0 Å². The predicted octanol–water partition coefficient (Wildman–Crippen LogP) is 2.41. The highest BCUT2D eigenvalue weighted by Gasteiger charge is 2.17. The van der Waals surface area contributed by atoms with Gasteiger partial charge in [-0.1, -0.05) is 6.92 Å². The van der Waals surface area contributed by atoms with Crippen LogP contribution in [0, 0.1) is 0 Å². The first-order valence-corrected chi connectivity index (χ1v) is 8.27. The highest BCUT2D eigenvalue weighted by atomic mass is 32.2. The minimum absolute atomic E-state index is 0.0987. The van der Waals surface area contributed by atoms with E-state index in [0.29, 0.717) is 17.9 Å². The van der Waals surface area contributed by atoms with E-state index in [-0.39, 0.29) is 11.3 Å². The van der Waals surface area contributed by atoms with E-state index in [9.17, 15) is 8.42 Å². The summed E-state index contributed by atoms with van der Waals surface area (Å²) >= 11 is 0. The Kier molecular flexibility index (Phi) is 5.38. The lowest BCUT2D eigenvalue weighted by molar-refractivity contribution is 0.526. The molecule has 1 aromatic carbocycles. The van der Waals surface area contributed by atoms with E-state index in [1.807, 2.05) is 6.92 Å². The van der Waals surface area contributed by atoms with Crippen LogP contribution in [0.25, 0.3) is 0 Å². The van der Waals surface area contributed by atoms with Crippen molar-refractivity contribution in [2.24, 2.45) is 5.73 Å². The van der Waals surface area contributed by atoms with E-state index in [1.54, 1.807) is 24.3 Å². The summed E-state index contributed by atoms with van der Waals surface area (Å²) in [6.45, 7) is 6.62. The Hall–Kier alpha value is -1.07. The van der Waals surface area contributed by atoms with Crippen molar-refractivity contribution < 1.29 is 8.42 Å². The molecule has 0 aliphatic rings. The van der Waals surface area contributed by atoms with Gasteiger partial charge in [-0.05, 0) is 57.5 Å². The Bertz CT molecular complexity index is 493. The summed E-state index contributed by atoms with van der Waals surface area (Å²) < 4.78 is 23.8. The number of rotatable bonds is 7. The molecule has 108 valence electrons. The Morgan fingerprint density at radius 1 is 1.21 bits per heavy atom. The van der Waals surface area contributed by atoms with E-state index in [0.717, 1.165) is 12.1 Å². The molecule has 0 saturated heterocycles. The number of benzene rings is 1. The summed E-state index contributed by atoms with van der Waals surface area (Å²) in [5.41, 5.74) is 6.38. The molecule has 0 radical (unpaired) electrons. The lowest BCUT2D eigenvalue weighted by Gasteiger charge is -2.27. The first kappa shape index (κ1) is 16.0. The molecule has 0 heterocycles. The molecule has 0 saturated carbocycles. The lowest BCUT2D eigenvalue weighted by Crippen LogP contribution is -2.33. The predicted molar refractivity (Wildman–Crippen MR) is 80.2 cm³/mol. The maximum absolute atomic E-state index is 11.9. The van der Waals surface area contributed by atoms with Crippen molar-refractivity contribution in [2.75, 3.05) is 17.6 Å². The Morgan fingerprint density at radius 3 is 2.26 bits per heavy atom. The van der Waals surface area contributed by atoms with Crippen molar-refractivity contribution in [1.82, 2.24) is 0 Å². The zero-order valence-electron chi connectivity index (χ0n) is 11.9. The average Bonchev–Trinajstić information content (AvgIpc) is 2.28. The van der Waals surface area contributed by atoms with Crippen molar-refractivity contribution in [2.45, 2.75) is 44.0 Å². The van der Waals surface area contributed by atoms with Gasteiger partial charge in [-0.2, -0.15) is 0 Å². The van der Waals surface area contributed by atoms with Crippen LogP contribution in [0.5, 0.6) is 0 Å². The van der Waals surface area contributed by atoms with E-state index in [1.165, 1.54) is 0 Å². The quantitative estimate of drug-likeness (QED) is 0.806. The number of nitrogens with two attached hydrogens (primary N) is 1. The maximum atomic E-state index is 11.9. The second-order valence-corrected chi connectivity index (χ2v) is 7.50. The van der Waals surface area contributed by atoms with E-state index >= 15 is 0 Å². The van der Waals surface area contributed by atoms with Crippen LogP contribution in [0.3, 0.4) is 0 Å². The monoisotopic (exact) mass is 284 g/mol. The third-order valence-electron chi connectivity index (χ3n) is 2.94. The molecule has 1 rings (SSSR count). The summed E-state index contributed by atoms with van der Waals surface area (Å²) in [5.74, 6) is 0.193. The summed E-state index contributed by atoms with van der Waals surface area (Å²) in [6, 6.07) is 6.93. The van der Waals surface area contributed by atoms with Gasteiger partial charge in [0.05, 0.1) is 10.6 Å². The number of sulfone groups is 1. The van der Waals surface area contributed by atoms with E-state index in [2.05, 4.69) is 19.2 Å². The SMILES string of the molecule is CCCS(=O)(=O)c1ccc(NC(C)(C)CCN)cc1. The molecule has 5 heteroatoms. The van der Waals surface area contributed by atoms with Crippen LogP contribution in [0.1, 0.15) is 33.6 Å². The van der Waals surface area contributed by atoms with Gasteiger partial charge in [0.15, 0.2) is 9.84 Å². The second kappa shape index (κ2) is 6.39. The molecule has 0 aromatic heterocycles. The van der Waals surface area contributed by atoms with Crippen molar-refractivity contribution in [3.8, 4) is 0 Å². The summed E-state index contributed by atoms with van der Waals surface area (Å²) in [6.07, 6.45) is 1.48. The summed E-state index contributed by atoms with van der Waals surface area (Å²) in [5, 5.41) is 3.36. The molecule has 0 aliphatic heterocycles. The van der Waals surface area contributed by atoms with Crippen LogP contribution >= 0.6 is 0 Å². The normalized spacial score (nSPS) is 12.4. The molecule has 0 spiro atoms. The number of hydrogen-bond acceptors (Lipinski definition) is 4. The number of hydrogen-bond donors (Lipinski definition) is 2. The van der Waals surface area contributed by atoms with Crippen molar-refractivity contribution in [1.29, 1.82) is 0 Å². The van der Waals surface area contributed by atoms with Gasteiger partial charge in [0.25, 0.3) is 0 Å². The standard InChI is InChI=1S/C14H24N2O2S/c1-4-11-19(17,18)13-7-5-12(6-8-13)16-14(2,3)9-10-15/h5-8,16H,4,9-11,15H2,1-3H3. The molecule has 3 N–H and O–H groups in total. The first-order chi connectivity index (χ1) is 8.80. The molecule has 0 unspecified atom stereocenters. The topological polar surface area (TPSA) is 72.2 Å². The molecule has 19 heavy (non-hydrogen) atoms. The van der Waals surface area contributed by atoms with Crippen LogP contribution in [-0.4, -0.2) is 26.3 Å². The van der Waals surface area contributed by atoms with Crippen molar-refractivity contribution in [3.05, 3.63) is 24.3 Å². The zero-order chi connectivity index (χ0) is 14.5. The number of nitrogens with one attached hydrogen (secondary N) is 1. The molecule has 0 fully saturated rings. The zero-order valence-corrected chi connectivity index (χ0v) is 12.8. The molecule has 0 amide bonds. The highest BCUT2D eigenvalue weighted by Crippen LogP contribution is 2.20. The van der Waals surface area contributed by atoms with Gasteiger partial charge in [0.1, 0.15) is 0 Å². The van der Waals surface area contributed by atoms with E-state index < -0.39 is 9.84 Å². The fourth-order valence-electron chi connectivity index (χ4n) is 1.95. The largest absolute Gasteiger partial charge is 0.380 e. The second-order valence-electron chi connectivity index (χ2n) is 5.39. The third-order valence-corrected chi connectivity index (χ3v) is 4.87. The molecule has 0 aliphatic carbocycles. The van der Waals surface area contributed by atoms with Gasteiger partial charge < -0.3 is 11.1 Å². The molecular formula is C14H24N2O2S. The Morgan fingerprint density at radius 2 is 1.79 bits per heavy atom. The minimum Gasteiger partial charge on any atom is -0.380 e. The highest BCUT2D eigenvalue weighted by molar-refractivity contribution is 7.91. The van der Waals surface area contributed by atoms with Gasteiger partial charge in [-0.15, -0.1) is 0 Å². The van der Waals surface area contributed by atoms with Crippen molar-refractivity contribution >= 4 is 15.5 Å². The van der Waals surface area contributed by atoms with Gasteiger partial charge in [0, 0.05) is 11.2 Å². The Labute approximate surface area is 116 Å². The minimum atomic E-state index is -3.13. The van der Waals surface area contributed by atoms with Crippen LogP contribution < -0.4 is 11.1 Å².